The van der Waals surface area contributed by atoms with Crippen LogP contribution in [0.5, 0.6) is 23.0 Å². The summed E-state index contributed by atoms with van der Waals surface area (Å²) < 4.78 is 29.5. The second-order valence-corrected chi connectivity index (χ2v) is 12.5. The van der Waals surface area contributed by atoms with Crippen LogP contribution in [0.1, 0.15) is 43.2 Å². The van der Waals surface area contributed by atoms with Gasteiger partial charge in [0.05, 0.1) is 28.4 Å². The highest BCUT2D eigenvalue weighted by Gasteiger charge is 2.77. The van der Waals surface area contributed by atoms with Gasteiger partial charge in [0.1, 0.15) is 5.72 Å². The first-order valence-electron chi connectivity index (χ1n) is 14.5. The molecule has 8 heteroatoms. The highest BCUT2D eigenvalue weighted by molar-refractivity contribution is 5.55. The molecule has 2 aromatic carbocycles. The van der Waals surface area contributed by atoms with E-state index in [4.69, 9.17) is 23.7 Å². The van der Waals surface area contributed by atoms with E-state index in [2.05, 4.69) is 40.6 Å². The number of nitrogens with one attached hydrogen (secondary N) is 1. The molecule has 0 radical (unpaired) electrons. The summed E-state index contributed by atoms with van der Waals surface area (Å²) in [6, 6.07) is 13.2. The van der Waals surface area contributed by atoms with Crippen LogP contribution in [-0.4, -0.2) is 75.1 Å². The van der Waals surface area contributed by atoms with Crippen LogP contribution in [0.15, 0.2) is 48.0 Å². The van der Waals surface area contributed by atoms with Crippen molar-refractivity contribution in [1.29, 1.82) is 0 Å². The number of benzene rings is 2. The van der Waals surface area contributed by atoms with Crippen molar-refractivity contribution in [3.8, 4) is 23.0 Å². The first kappa shape index (κ1) is 25.0. The van der Waals surface area contributed by atoms with Gasteiger partial charge in [-0.05, 0) is 60.4 Å². The van der Waals surface area contributed by atoms with Gasteiger partial charge in [0, 0.05) is 54.6 Å². The Balaban J connectivity index is 1.33. The molecule has 40 heavy (non-hydrogen) atoms. The number of piperidine rings is 1. The zero-order chi connectivity index (χ0) is 27.5. The highest BCUT2D eigenvalue weighted by Crippen LogP contribution is 2.71. The third-order valence-corrected chi connectivity index (χ3v) is 11.3. The normalized spacial score (nSPS) is 41.8. The number of aliphatic hydroxyl groups is 1. The predicted molar refractivity (Wildman–Crippen MR) is 148 cm³/mol. The van der Waals surface area contributed by atoms with Gasteiger partial charge in [-0.2, -0.15) is 0 Å². The minimum absolute atomic E-state index is 0.122. The molecule has 5 saturated heterocycles. The van der Waals surface area contributed by atoms with Crippen molar-refractivity contribution in [2.24, 2.45) is 5.92 Å². The van der Waals surface area contributed by atoms with Crippen LogP contribution in [0, 0.1) is 5.92 Å². The van der Waals surface area contributed by atoms with Gasteiger partial charge in [-0.25, -0.2) is 0 Å². The summed E-state index contributed by atoms with van der Waals surface area (Å²) in [4.78, 5) is 2.60. The summed E-state index contributed by atoms with van der Waals surface area (Å²) in [6.07, 6.45) is 6.62. The van der Waals surface area contributed by atoms with Crippen molar-refractivity contribution in [3.05, 3.63) is 59.2 Å². The molecular weight excluding hydrogens is 508 g/mol. The number of nitrogens with zero attached hydrogens (tertiary/aromatic N) is 1. The Labute approximate surface area is 235 Å². The maximum absolute atomic E-state index is 11.8. The van der Waals surface area contributed by atoms with Crippen LogP contribution in [0.25, 0.3) is 0 Å². The topological polar surface area (TPSA) is 81.7 Å². The summed E-state index contributed by atoms with van der Waals surface area (Å²) in [6.45, 7) is 1.87. The summed E-state index contributed by atoms with van der Waals surface area (Å²) in [5, 5.41) is 15.6. The minimum Gasteiger partial charge on any atom is -0.493 e. The Morgan fingerprint density at radius 3 is 2.23 bits per heavy atom. The predicted octanol–water partition coefficient (Wildman–Crippen LogP) is 3.50. The average molecular weight is 547 g/mol. The van der Waals surface area contributed by atoms with Crippen molar-refractivity contribution in [2.75, 3.05) is 41.5 Å². The molecule has 7 aliphatic rings. The summed E-state index contributed by atoms with van der Waals surface area (Å²) in [5.41, 5.74) is 2.95. The third kappa shape index (κ3) is 2.85. The maximum Gasteiger partial charge on any atom is 0.170 e. The third-order valence-electron chi connectivity index (χ3n) is 11.3. The summed E-state index contributed by atoms with van der Waals surface area (Å²) >= 11 is 0. The second kappa shape index (κ2) is 8.16. The number of methoxy groups -OCH3 is 4. The van der Waals surface area contributed by atoms with E-state index in [1.165, 1.54) is 16.7 Å². The van der Waals surface area contributed by atoms with Gasteiger partial charge in [-0.3, -0.25) is 4.90 Å². The van der Waals surface area contributed by atoms with E-state index >= 15 is 0 Å². The largest absolute Gasteiger partial charge is 0.493 e. The Morgan fingerprint density at radius 2 is 1.52 bits per heavy atom. The first-order valence-corrected chi connectivity index (χ1v) is 14.5. The SMILES string of the molecule is COc1ccc([C@@]23CCN4[C@@H]2C[C@@]2(O)C[C@@H]3C3=C[C@@]5(c6ccc(OC)c(OC)c6)CCN[C@H]5C[C@]34O2)cc1OC. The van der Waals surface area contributed by atoms with Crippen molar-refractivity contribution in [3.63, 3.8) is 0 Å². The number of fused-ring (bicyclic) bond motifs is 1. The van der Waals surface area contributed by atoms with Crippen LogP contribution >= 0.6 is 0 Å². The molecule has 2 aromatic rings. The smallest absolute Gasteiger partial charge is 0.170 e. The van der Waals surface area contributed by atoms with Crippen LogP contribution in [-0.2, 0) is 15.6 Å². The summed E-state index contributed by atoms with van der Waals surface area (Å²) in [5.74, 6) is 2.05. The Bertz CT molecular complexity index is 1430. The molecule has 0 aromatic heterocycles. The van der Waals surface area contributed by atoms with E-state index in [-0.39, 0.29) is 28.8 Å². The van der Waals surface area contributed by atoms with E-state index in [1.807, 2.05) is 12.1 Å². The highest BCUT2D eigenvalue weighted by atomic mass is 16.7. The molecule has 212 valence electrons. The average Bonchev–Trinajstić information content (AvgIpc) is 3.55. The lowest BCUT2D eigenvalue weighted by atomic mass is 9.49. The fourth-order valence-corrected chi connectivity index (χ4v) is 9.76. The molecule has 8 atom stereocenters. The molecule has 5 heterocycles. The molecule has 6 bridgehead atoms. The van der Waals surface area contributed by atoms with Crippen molar-refractivity contribution < 1.29 is 28.8 Å². The van der Waals surface area contributed by atoms with E-state index in [1.54, 1.807) is 28.4 Å². The Morgan fingerprint density at radius 1 is 0.850 bits per heavy atom. The number of rotatable bonds is 6. The quantitative estimate of drug-likeness (QED) is 0.533. The maximum atomic E-state index is 11.8. The van der Waals surface area contributed by atoms with Crippen LogP contribution in [0.4, 0.5) is 0 Å². The fourth-order valence-electron chi connectivity index (χ4n) is 9.76. The zero-order valence-electron chi connectivity index (χ0n) is 23.7. The monoisotopic (exact) mass is 546 g/mol. The van der Waals surface area contributed by atoms with Crippen LogP contribution in [0.3, 0.4) is 0 Å². The van der Waals surface area contributed by atoms with Gasteiger partial charge in [-0.1, -0.05) is 18.2 Å². The second-order valence-electron chi connectivity index (χ2n) is 12.5. The molecule has 8 nitrogen and oxygen atoms in total. The van der Waals surface area contributed by atoms with Gasteiger partial charge in [0.2, 0.25) is 0 Å². The summed E-state index contributed by atoms with van der Waals surface area (Å²) in [7, 11) is 6.75. The molecule has 6 fully saturated rings. The lowest BCUT2D eigenvalue weighted by Crippen LogP contribution is -2.79. The van der Waals surface area contributed by atoms with Gasteiger partial charge in [0.25, 0.3) is 0 Å². The molecule has 0 amide bonds. The molecule has 2 N–H and O–H groups in total. The van der Waals surface area contributed by atoms with Gasteiger partial charge >= 0.3 is 0 Å². The lowest BCUT2D eigenvalue weighted by molar-refractivity contribution is -0.384. The molecule has 1 unspecified atom stereocenters. The number of hydrogen-bond donors (Lipinski definition) is 2. The van der Waals surface area contributed by atoms with Gasteiger partial charge < -0.3 is 34.1 Å². The lowest BCUT2D eigenvalue weighted by Gasteiger charge is -2.71. The van der Waals surface area contributed by atoms with Gasteiger partial charge in [0.15, 0.2) is 28.8 Å². The van der Waals surface area contributed by atoms with E-state index in [0.717, 1.165) is 55.4 Å². The fraction of sp³-hybridized carbons (Fsp3) is 0.562. The standard InChI is InChI=1S/C32H38N2O6/c1-36-23-7-5-19(13-25(23)38-3)29-9-11-33-27(29)17-32-22(15-29)21-16-30(35,40-32)18-28-31(21,10-12-34(28)32)20-6-8-24(37-2)26(14-20)39-4/h5-8,13-15,21,27-28,33,35H,9-12,16-18H2,1-4H3/t21-,27+,28-,29-,30-,31-,32+/m1/s1. The Hall–Kier alpha value is -2.78. The van der Waals surface area contributed by atoms with Gasteiger partial charge in [-0.15, -0.1) is 0 Å². The molecular formula is C32H38N2O6. The molecule has 1 saturated carbocycles. The van der Waals surface area contributed by atoms with E-state index < -0.39 is 11.5 Å². The minimum atomic E-state index is -1.10. The van der Waals surface area contributed by atoms with Crippen molar-refractivity contribution in [1.82, 2.24) is 10.2 Å². The first-order chi connectivity index (χ1) is 19.4. The number of ether oxygens (including phenoxy) is 5. The molecule has 5 aliphatic heterocycles. The van der Waals surface area contributed by atoms with Crippen LogP contribution < -0.4 is 24.3 Å². The number of hydrogen-bond acceptors (Lipinski definition) is 8. The zero-order valence-corrected chi connectivity index (χ0v) is 23.7. The molecule has 2 aliphatic carbocycles. The van der Waals surface area contributed by atoms with E-state index in [0.29, 0.717) is 12.8 Å². The van der Waals surface area contributed by atoms with E-state index in [9.17, 15) is 5.11 Å². The van der Waals surface area contributed by atoms with Crippen molar-refractivity contribution >= 4 is 0 Å². The molecule has 1 spiro atoms. The Kier molecular flexibility index (Phi) is 5.09. The van der Waals surface area contributed by atoms with Crippen LogP contribution in [0.2, 0.25) is 0 Å². The molecule has 9 rings (SSSR count). The van der Waals surface area contributed by atoms with Crippen molar-refractivity contribution in [2.45, 2.75) is 66.5 Å².